The van der Waals surface area contributed by atoms with Gasteiger partial charge in [0, 0.05) is 39.2 Å². The number of nitrogens with zero attached hydrogens (tertiary/aromatic N) is 2. The molecule has 3 fully saturated rings. The molecule has 0 unspecified atom stereocenters. The van der Waals surface area contributed by atoms with E-state index in [1.807, 2.05) is 4.90 Å². The van der Waals surface area contributed by atoms with Gasteiger partial charge >= 0.3 is 0 Å². The van der Waals surface area contributed by atoms with Gasteiger partial charge in [0.05, 0.1) is 23.5 Å². The lowest BCUT2D eigenvalue weighted by molar-refractivity contribution is -0.147. The normalized spacial score (nSPS) is 30.2. The van der Waals surface area contributed by atoms with Crippen LogP contribution in [0.2, 0.25) is 0 Å². The van der Waals surface area contributed by atoms with Crippen molar-refractivity contribution < 1.29 is 22.7 Å². The summed E-state index contributed by atoms with van der Waals surface area (Å²) in [7, 11) is -1.34. The molecule has 3 heterocycles. The second-order valence-corrected chi connectivity index (χ2v) is 9.91. The topological polar surface area (TPSA) is 84.0 Å². The molecule has 0 aromatic carbocycles. The fourth-order valence-electron chi connectivity index (χ4n) is 4.40. The highest BCUT2D eigenvalue weighted by Crippen LogP contribution is 2.41. The zero-order valence-corrected chi connectivity index (χ0v) is 15.7. The second kappa shape index (κ2) is 7.23. The van der Waals surface area contributed by atoms with E-state index in [4.69, 9.17) is 4.74 Å². The highest BCUT2D eigenvalue weighted by atomic mass is 32.2. The number of likely N-dealkylation sites (tertiary alicyclic amines) is 2. The lowest BCUT2D eigenvalue weighted by atomic mass is 9.78. The summed E-state index contributed by atoms with van der Waals surface area (Å²) in [5, 5.41) is 0. The Morgan fingerprint density at radius 2 is 1.96 bits per heavy atom. The van der Waals surface area contributed by atoms with Crippen LogP contribution in [0.1, 0.15) is 32.1 Å². The molecule has 0 N–H and O–H groups in total. The molecule has 0 aliphatic carbocycles. The second-order valence-electron chi connectivity index (χ2n) is 7.60. The monoisotopic (exact) mass is 372 g/mol. The van der Waals surface area contributed by atoms with Crippen LogP contribution in [0.5, 0.6) is 0 Å². The lowest BCUT2D eigenvalue weighted by Gasteiger charge is -2.39. The molecule has 3 rings (SSSR count). The van der Waals surface area contributed by atoms with Crippen LogP contribution in [-0.2, 0) is 24.2 Å². The summed E-state index contributed by atoms with van der Waals surface area (Å²) < 4.78 is 28.2. The highest BCUT2D eigenvalue weighted by Gasteiger charge is 2.50. The summed E-state index contributed by atoms with van der Waals surface area (Å²) in [4.78, 5) is 29.4. The van der Waals surface area contributed by atoms with Crippen molar-refractivity contribution in [1.82, 2.24) is 9.80 Å². The summed E-state index contributed by atoms with van der Waals surface area (Å²) in [6.45, 7) is 2.98. The maximum absolute atomic E-state index is 12.9. The molecular formula is C17H28N2O5S. The zero-order chi connectivity index (χ0) is 18.1. The summed E-state index contributed by atoms with van der Waals surface area (Å²) in [5.74, 6) is 0.186. The highest BCUT2D eigenvalue weighted by molar-refractivity contribution is 7.91. The molecule has 7 nitrogen and oxygen atoms in total. The minimum Gasteiger partial charge on any atom is -0.383 e. The van der Waals surface area contributed by atoms with E-state index < -0.39 is 15.3 Å². The number of rotatable bonds is 4. The van der Waals surface area contributed by atoms with Crippen LogP contribution in [-0.4, -0.2) is 81.4 Å². The van der Waals surface area contributed by atoms with Gasteiger partial charge in [-0.05, 0) is 32.1 Å². The molecule has 25 heavy (non-hydrogen) atoms. The average molecular weight is 372 g/mol. The van der Waals surface area contributed by atoms with Crippen molar-refractivity contribution in [2.24, 2.45) is 11.3 Å². The van der Waals surface area contributed by atoms with Crippen LogP contribution in [0, 0.1) is 11.3 Å². The molecule has 1 spiro atoms. The van der Waals surface area contributed by atoms with E-state index in [9.17, 15) is 18.0 Å². The molecule has 3 aliphatic heterocycles. The predicted molar refractivity (Wildman–Crippen MR) is 92.7 cm³/mol. The molecule has 0 radical (unpaired) electrons. The third-order valence-electron chi connectivity index (χ3n) is 5.96. The number of ether oxygens (including phenoxy) is 1. The van der Waals surface area contributed by atoms with Crippen molar-refractivity contribution in [3.63, 3.8) is 0 Å². The first-order valence-electron chi connectivity index (χ1n) is 9.14. The Morgan fingerprint density at radius 3 is 2.64 bits per heavy atom. The van der Waals surface area contributed by atoms with E-state index in [-0.39, 0.29) is 29.2 Å². The number of hydrogen-bond donors (Lipinski definition) is 0. The van der Waals surface area contributed by atoms with Gasteiger partial charge in [-0.15, -0.1) is 0 Å². The van der Waals surface area contributed by atoms with Crippen molar-refractivity contribution in [2.45, 2.75) is 32.1 Å². The van der Waals surface area contributed by atoms with Crippen molar-refractivity contribution in [3.8, 4) is 0 Å². The van der Waals surface area contributed by atoms with Crippen molar-refractivity contribution in [1.29, 1.82) is 0 Å². The first-order chi connectivity index (χ1) is 11.9. The summed E-state index contributed by atoms with van der Waals surface area (Å²) in [5.41, 5.74) is -0.442. The molecule has 0 aromatic heterocycles. The van der Waals surface area contributed by atoms with Crippen LogP contribution in [0.25, 0.3) is 0 Å². The molecule has 3 aliphatic rings. The Kier molecular flexibility index (Phi) is 5.39. The fraction of sp³-hybridized carbons (Fsp3) is 0.882. The van der Waals surface area contributed by atoms with Gasteiger partial charge in [0.2, 0.25) is 11.8 Å². The SMILES string of the molecule is COCCN1CCC[C@]2(CCN(C(=O)C3CCS(=O)(=O)CC3)C2)C1=O. The third-order valence-corrected chi connectivity index (χ3v) is 7.67. The largest absolute Gasteiger partial charge is 0.383 e. The number of carbonyl (C=O) groups excluding carboxylic acids is 2. The van der Waals surface area contributed by atoms with E-state index in [0.717, 1.165) is 19.4 Å². The number of piperidine rings is 1. The van der Waals surface area contributed by atoms with E-state index >= 15 is 0 Å². The summed E-state index contributed by atoms with van der Waals surface area (Å²) in [6.07, 6.45) is 3.33. The fourth-order valence-corrected chi connectivity index (χ4v) is 5.89. The van der Waals surface area contributed by atoms with Gasteiger partial charge in [0.1, 0.15) is 9.84 Å². The van der Waals surface area contributed by atoms with Crippen LogP contribution in [0.3, 0.4) is 0 Å². The van der Waals surface area contributed by atoms with Crippen LogP contribution < -0.4 is 0 Å². The minimum atomic E-state index is -2.97. The van der Waals surface area contributed by atoms with Crippen LogP contribution in [0.15, 0.2) is 0 Å². The quantitative estimate of drug-likeness (QED) is 0.709. The molecule has 142 valence electrons. The number of carbonyl (C=O) groups is 2. The number of hydrogen-bond acceptors (Lipinski definition) is 5. The first kappa shape index (κ1) is 18.6. The van der Waals surface area contributed by atoms with Gasteiger partial charge in [-0.1, -0.05) is 0 Å². The third kappa shape index (κ3) is 3.84. The standard InChI is InChI=1S/C17H28N2O5S/c1-24-10-9-18-7-2-5-17(16(18)21)6-8-19(13-17)15(20)14-3-11-25(22,23)12-4-14/h14H,2-13H2,1H3/t17-/m1/s1. The van der Waals surface area contributed by atoms with E-state index in [1.54, 1.807) is 12.0 Å². The molecule has 8 heteroatoms. The number of methoxy groups -OCH3 is 1. The average Bonchev–Trinajstić information content (AvgIpc) is 3.01. The smallest absolute Gasteiger partial charge is 0.230 e. The molecule has 2 amide bonds. The minimum absolute atomic E-state index is 0.0357. The summed E-state index contributed by atoms with van der Waals surface area (Å²) >= 11 is 0. The van der Waals surface area contributed by atoms with Crippen LogP contribution in [0.4, 0.5) is 0 Å². The van der Waals surface area contributed by atoms with Gasteiger partial charge in [0.15, 0.2) is 0 Å². The van der Waals surface area contributed by atoms with Crippen molar-refractivity contribution in [3.05, 3.63) is 0 Å². The number of sulfone groups is 1. The molecule has 0 aromatic rings. The maximum Gasteiger partial charge on any atom is 0.230 e. The zero-order valence-electron chi connectivity index (χ0n) is 14.9. The summed E-state index contributed by atoms with van der Waals surface area (Å²) in [6, 6.07) is 0. The molecule has 1 atom stereocenters. The lowest BCUT2D eigenvalue weighted by Crippen LogP contribution is -2.51. The van der Waals surface area contributed by atoms with E-state index in [2.05, 4.69) is 0 Å². The molecule has 0 saturated carbocycles. The van der Waals surface area contributed by atoms with Gasteiger partial charge in [0.25, 0.3) is 0 Å². The van der Waals surface area contributed by atoms with Crippen molar-refractivity contribution >= 4 is 21.7 Å². The van der Waals surface area contributed by atoms with Crippen molar-refractivity contribution in [2.75, 3.05) is 51.4 Å². The van der Waals surface area contributed by atoms with Crippen LogP contribution >= 0.6 is 0 Å². The van der Waals surface area contributed by atoms with Gasteiger partial charge in [-0.25, -0.2) is 8.42 Å². The molecule has 0 bridgehead atoms. The Balaban J connectivity index is 1.62. The Bertz CT molecular complexity index is 621. The van der Waals surface area contributed by atoms with E-state index in [1.165, 1.54) is 0 Å². The number of amides is 2. The Morgan fingerprint density at radius 1 is 1.24 bits per heavy atom. The Hall–Kier alpha value is -1.15. The van der Waals surface area contributed by atoms with E-state index in [0.29, 0.717) is 45.5 Å². The molecular weight excluding hydrogens is 344 g/mol. The van der Waals surface area contributed by atoms with Gasteiger partial charge in [-0.3, -0.25) is 9.59 Å². The van der Waals surface area contributed by atoms with Gasteiger partial charge < -0.3 is 14.5 Å². The molecule has 3 saturated heterocycles. The Labute approximate surface area is 149 Å². The van der Waals surface area contributed by atoms with Gasteiger partial charge in [-0.2, -0.15) is 0 Å². The predicted octanol–water partition coefficient (Wildman–Crippen LogP) is 0.299. The maximum atomic E-state index is 12.9. The first-order valence-corrected chi connectivity index (χ1v) is 11.0.